The van der Waals surface area contributed by atoms with Crippen LogP contribution in [-0.4, -0.2) is 6.54 Å². The van der Waals surface area contributed by atoms with Crippen molar-refractivity contribution in [3.05, 3.63) is 42.7 Å². The number of hydrogen-bond donors (Lipinski definition) is 1. The zero-order chi connectivity index (χ0) is 11.5. The van der Waals surface area contributed by atoms with E-state index in [1.54, 1.807) is 0 Å². The van der Waals surface area contributed by atoms with Gasteiger partial charge in [0.05, 0.1) is 6.04 Å². The van der Waals surface area contributed by atoms with E-state index in [4.69, 9.17) is 0 Å². The lowest BCUT2D eigenvalue weighted by Crippen LogP contribution is -2.19. The predicted octanol–water partition coefficient (Wildman–Crippen LogP) is 4.58. The second-order valence-corrected chi connectivity index (χ2v) is 6.68. The molecule has 16 heavy (non-hydrogen) atoms. The molecule has 0 aliphatic carbocycles. The van der Waals surface area contributed by atoms with Crippen molar-refractivity contribution in [3.63, 3.8) is 0 Å². The Morgan fingerprint density at radius 1 is 1.44 bits per heavy atom. The van der Waals surface area contributed by atoms with Gasteiger partial charge in [-0.1, -0.05) is 13.0 Å². The molecule has 4 heteroatoms. The summed E-state index contributed by atoms with van der Waals surface area (Å²) in [5.74, 6) is 0. The summed E-state index contributed by atoms with van der Waals surface area (Å²) in [5, 5.41) is 5.68. The average Bonchev–Trinajstić information content (AvgIpc) is 2.86. The van der Waals surface area contributed by atoms with Gasteiger partial charge in [-0.15, -0.1) is 22.7 Å². The summed E-state index contributed by atoms with van der Waals surface area (Å²) < 4.78 is 1.21. The molecule has 86 valence electrons. The zero-order valence-corrected chi connectivity index (χ0v) is 12.5. The summed E-state index contributed by atoms with van der Waals surface area (Å²) in [6, 6.07) is 6.88. The molecule has 2 aromatic rings. The number of rotatable bonds is 4. The van der Waals surface area contributed by atoms with Crippen molar-refractivity contribution in [1.29, 1.82) is 0 Å². The van der Waals surface area contributed by atoms with E-state index in [9.17, 15) is 0 Å². The van der Waals surface area contributed by atoms with E-state index < -0.39 is 0 Å². The highest BCUT2D eigenvalue weighted by atomic mass is 79.9. The minimum Gasteiger partial charge on any atom is -0.305 e. The molecule has 0 fully saturated rings. The van der Waals surface area contributed by atoms with E-state index in [0.717, 1.165) is 6.54 Å². The SMILES string of the molecule is CCNC(c1cccs1)c1cc(Br)c(C)s1. The van der Waals surface area contributed by atoms with E-state index in [-0.39, 0.29) is 0 Å². The first-order valence-electron chi connectivity index (χ1n) is 5.25. The van der Waals surface area contributed by atoms with Crippen molar-refractivity contribution in [2.75, 3.05) is 6.54 Å². The van der Waals surface area contributed by atoms with E-state index in [1.165, 1.54) is 19.1 Å². The molecule has 0 aliphatic heterocycles. The number of aryl methyl sites for hydroxylation is 1. The topological polar surface area (TPSA) is 12.0 Å². The van der Waals surface area contributed by atoms with Crippen LogP contribution in [0.2, 0.25) is 0 Å². The highest BCUT2D eigenvalue weighted by Crippen LogP contribution is 2.35. The second kappa shape index (κ2) is 5.45. The van der Waals surface area contributed by atoms with Crippen LogP contribution in [0.15, 0.2) is 28.1 Å². The third-order valence-corrected chi connectivity index (χ3v) is 5.54. The first-order chi connectivity index (χ1) is 7.72. The predicted molar refractivity (Wildman–Crippen MR) is 76.6 cm³/mol. The van der Waals surface area contributed by atoms with Crippen LogP contribution in [0.25, 0.3) is 0 Å². The quantitative estimate of drug-likeness (QED) is 0.870. The minimum atomic E-state index is 0.347. The molecule has 2 heterocycles. The molecule has 2 rings (SSSR count). The number of thiophene rings is 2. The van der Waals surface area contributed by atoms with Gasteiger partial charge in [-0.25, -0.2) is 0 Å². The van der Waals surface area contributed by atoms with Gasteiger partial charge in [0.2, 0.25) is 0 Å². The van der Waals surface area contributed by atoms with Crippen molar-refractivity contribution in [2.24, 2.45) is 0 Å². The fraction of sp³-hybridized carbons (Fsp3) is 0.333. The first kappa shape index (κ1) is 12.3. The van der Waals surface area contributed by atoms with Crippen LogP contribution in [0.4, 0.5) is 0 Å². The van der Waals surface area contributed by atoms with Crippen LogP contribution in [0.3, 0.4) is 0 Å². The summed E-state index contributed by atoms with van der Waals surface area (Å²) in [6.45, 7) is 5.28. The van der Waals surface area contributed by atoms with Gasteiger partial charge in [-0.3, -0.25) is 0 Å². The third kappa shape index (κ3) is 2.56. The summed E-state index contributed by atoms with van der Waals surface area (Å²) in [5.41, 5.74) is 0. The smallest absolute Gasteiger partial charge is 0.0765 e. The van der Waals surface area contributed by atoms with Gasteiger partial charge in [0, 0.05) is 19.1 Å². The lowest BCUT2D eigenvalue weighted by atomic mass is 10.2. The van der Waals surface area contributed by atoms with Gasteiger partial charge in [-0.05, 0) is 46.9 Å². The Bertz CT molecular complexity index is 428. The second-order valence-electron chi connectivity index (χ2n) is 3.56. The normalized spacial score (nSPS) is 12.9. The van der Waals surface area contributed by atoms with Crippen LogP contribution < -0.4 is 5.32 Å². The standard InChI is InChI=1S/C12H14BrNS2/c1-3-14-12(10-5-4-6-15-10)11-7-9(13)8(2)16-11/h4-7,12,14H,3H2,1-2H3. The summed E-state index contributed by atoms with van der Waals surface area (Å²) >= 11 is 7.25. The van der Waals surface area contributed by atoms with E-state index >= 15 is 0 Å². The van der Waals surface area contributed by atoms with Crippen molar-refractivity contribution in [3.8, 4) is 0 Å². The molecule has 1 atom stereocenters. The van der Waals surface area contributed by atoms with Crippen LogP contribution in [0, 0.1) is 6.92 Å². The summed E-state index contributed by atoms with van der Waals surface area (Å²) in [6.07, 6.45) is 0. The molecule has 0 saturated carbocycles. The van der Waals surface area contributed by atoms with Gasteiger partial charge in [-0.2, -0.15) is 0 Å². The fourth-order valence-corrected chi connectivity index (χ4v) is 4.17. The van der Waals surface area contributed by atoms with Crippen molar-refractivity contribution < 1.29 is 0 Å². The van der Waals surface area contributed by atoms with E-state index in [2.05, 4.69) is 58.7 Å². The maximum atomic E-state index is 3.58. The Morgan fingerprint density at radius 3 is 2.75 bits per heavy atom. The fourth-order valence-electron chi connectivity index (χ4n) is 1.62. The molecular formula is C12H14BrNS2. The highest BCUT2D eigenvalue weighted by Gasteiger charge is 2.17. The van der Waals surface area contributed by atoms with Crippen molar-refractivity contribution >= 4 is 38.6 Å². The zero-order valence-electron chi connectivity index (χ0n) is 9.29. The molecule has 1 nitrogen and oxygen atoms in total. The molecule has 0 aromatic carbocycles. The van der Waals surface area contributed by atoms with Crippen LogP contribution in [0.1, 0.15) is 27.6 Å². The molecule has 0 saturated heterocycles. The maximum absolute atomic E-state index is 3.58. The van der Waals surface area contributed by atoms with Gasteiger partial charge in [0.1, 0.15) is 0 Å². The number of halogens is 1. The Kier molecular flexibility index (Phi) is 4.19. The molecule has 0 amide bonds. The van der Waals surface area contributed by atoms with Gasteiger partial charge < -0.3 is 5.32 Å². The van der Waals surface area contributed by atoms with Crippen LogP contribution in [-0.2, 0) is 0 Å². The molecular weight excluding hydrogens is 302 g/mol. The molecule has 1 unspecified atom stereocenters. The van der Waals surface area contributed by atoms with Gasteiger partial charge in [0.15, 0.2) is 0 Å². The molecule has 0 radical (unpaired) electrons. The first-order valence-corrected chi connectivity index (χ1v) is 7.74. The average molecular weight is 316 g/mol. The number of hydrogen-bond acceptors (Lipinski definition) is 3. The molecule has 1 N–H and O–H groups in total. The van der Waals surface area contributed by atoms with Crippen molar-refractivity contribution in [2.45, 2.75) is 19.9 Å². The molecule has 0 aliphatic rings. The van der Waals surface area contributed by atoms with Crippen LogP contribution in [0.5, 0.6) is 0 Å². The Hall–Kier alpha value is -0.160. The Balaban J connectivity index is 2.32. The maximum Gasteiger partial charge on any atom is 0.0765 e. The van der Waals surface area contributed by atoms with E-state index in [0.29, 0.717) is 6.04 Å². The van der Waals surface area contributed by atoms with E-state index in [1.807, 2.05) is 22.7 Å². The number of nitrogens with one attached hydrogen (secondary N) is 1. The van der Waals surface area contributed by atoms with Gasteiger partial charge in [0.25, 0.3) is 0 Å². The Labute approximate surface area is 113 Å². The minimum absolute atomic E-state index is 0.347. The molecule has 2 aromatic heterocycles. The van der Waals surface area contributed by atoms with Crippen LogP contribution >= 0.6 is 38.6 Å². The monoisotopic (exact) mass is 315 g/mol. The lowest BCUT2D eigenvalue weighted by molar-refractivity contribution is 0.648. The largest absolute Gasteiger partial charge is 0.305 e. The molecule has 0 spiro atoms. The summed E-state index contributed by atoms with van der Waals surface area (Å²) in [7, 11) is 0. The van der Waals surface area contributed by atoms with Gasteiger partial charge >= 0.3 is 0 Å². The highest BCUT2D eigenvalue weighted by molar-refractivity contribution is 9.10. The Morgan fingerprint density at radius 2 is 2.25 bits per heavy atom. The molecule has 0 bridgehead atoms. The third-order valence-electron chi connectivity index (χ3n) is 2.40. The van der Waals surface area contributed by atoms with Crippen molar-refractivity contribution in [1.82, 2.24) is 5.32 Å². The summed E-state index contributed by atoms with van der Waals surface area (Å²) in [4.78, 5) is 4.11. The lowest BCUT2D eigenvalue weighted by Gasteiger charge is -2.14.